The fourth-order valence-electron chi connectivity index (χ4n) is 3.55. The van der Waals surface area contributed by atoms with E-state index in [0.717, 1.165) is 32.1 Å². The van der Waals surface area contributed by atoms with E-state index in [1.165, 1.54) is 23.2 Å². The van der Waals surface area contributed by atoms with Crippen LogP contribution in [0.25, 0.3) is 11.2 Å². The van der Waals surface area contributed by atoms with Gasteiger partial charge in [0.15, 0.2) is 11.3 Å². The van der Waals surface area contributed by atoms with Crippen molar-refractivity contribution < 1.29 is 13.2 Å². The summed E-state index contributed by atoms with van der Waals surface area (Å²) in [6.07, 6.45) is 1.95. The van der Waals surface area contributed by atoms with Crippen LogP contribution in [0.3, 0.4) is 0 Å². The van der Waals surface area contributed by atoms with E-state index in [0.29, 0.717) is 11.1 Å². The van der Waals surface area contributed by atoms with Crippen LogP contribution in [0.15, 0.2) is 35.6 Å². The van der Waals surface area contributed by atoms with Crippen molar-refractivity contribution in [2.45, 2.75) is 31.5 Å². The number of rotatable bonds is 3. The van der Waals surface area contributed by atoms with Crippen molar-refractivity contribution in [3.05, 3.63) is 58.2 Å². The van der Waals surface area contributed by atoms with Crippen molar-refractivity contribution in [1.82, 2.24) is 29.8 Å². The molecule has 29 heavy (non-hydrogen) atoms. The van der Waals surface area contributed by atoms with Gasteiger partial charge in [-0.1, -0.05) is 0 Å². The monoisotopic (exact) mass is 426 g/mol. The number of hydrogen-bond donors (Lipinski definition) is 1. The number of halogens is 4. The second-order valence-corrected chi connectivity index (χ2v) is 6.63. The summed E-state index contributed by atoms with van der Waals surface area (Å²) in [5.74, 6) is 0.0235. The average Bonchev–Trinajstić information content (AvgIpc) is 2.70. The molecule has 0 aromatic carbocycles. The van der Waals surface area contributed by atoms with E-state index in [-0.39, 0.29) is 41.8 Å². The van der Waals surface area contributed by atoms with Crippen molar-refractivity contribution in [2.24, 2.45) is 0 Å². The van der Waals surface area contributed by atoms with E-state index in [4.69, 9.17) is 0 Å². The Kier molecular flexibility index (Phi) is 6.13. The van der Waals surface area contributed by atoms with Gasteiger partial charge >= 0.3 is 6.18 Å². The molecule has 0 spiro atoms. The van der Waals surface area contributed by atoms with Gasteiger partial charge in [0.05, 0.1) is 12.2 Å². The molecule has 0 unspecified atom stereocenters. The van der Waals surface area contributed by atoms with Crippen LogP contribution in [0.2, 0.25) is 0 Å². The summed E-state index contributed by atoms with van der Waals surface area (Å²) in [7, 11) is 0. The summed E-state index contributed by atoms with van der Waals surface area (Å²) in [5, 5.41) is 3.24. The Morgan fingerprint density at radius 1 is 1.03 bits per heavy atom. The lowest BCUT2D eigenvalue weighted by molar-refractivity contribution is -0.142. The average molecular weight is 427 g/mol. The standard InChI is InChI=1S/C18H17F3N6O.ClH/c19-18(20,21)15-14(24-5-7-25-15)10-27-16-13(23-6-8-26-16)9-12(17(27)28)11-1-3-22-4-2-11;/h5-9,11,22H,1-4,10H2;1H. The maximum Gasteiger partial charge on any atom is 0.435 e. The summed E-state index contributed by atoms with van der Waals surface area (Å²) in [5.41, 5.74) is -0.555. The van der Waals surface area contributed by atoms with E-state index in [1.54, 1.807) is 6.07 Å². The molecule has 0 radical (unpaired) electrons. The number of fused-ring (bicyclic) bond motifs is 1. The molecule has 1 fully saturated rings. The van der Waals surface area contributed by atoms with E-state index >= 15 is 0 Å². The summed E-state index contributed by atoms with van der Waals surface area (Å²) < 4.78 is 41.2. The second kappa shape index (κ2) is 8.42. The van der Waals surface area contributed by atoms with E-state index in [2.05, 4.69) is 25.3 Å². The molecule has 0 amide bonds. The lowest BCUT2D eigenvalue weighted by atomic mass is 9.91. The van der Waals surface area contributed by atoms with E-state index in [1.807, 2.05) is 0 Å². The zero-order valence-electron chi connectivity index (χ0n) is 15.2. The first kappa shape index (κ1) is 21.1. The molecule has 1 N–H and O–H groups in total. The van der Waals surface area contributed by atoms with E-state index < -0.39 is 11.9 Å². The molecule has 0 bridgehead atoms. The number of pyridine rings is 1. The maximum atomic E-state index is 13.3. The summed E-state index contributed by atoms with van der Waals surface area (Å²) in [6.45, 7) is 1.19. The topological polar surface area (TPSA) is 85.6 Å². The fourth-order valence-corrected chi connectivity index (χ4v) is 3.55. The quantitative estimate of drug-likeness (QED) is 0.692. The van der Waals surface area contributed by atoms with Crippen LogP contribution in [0.4, 0.5) is 13.2 Å². The summed E-state index contributed by atoms with van der Waals surface area (Å²) >= 11 is 0. The molecule has 3 aromatic heterocycles. The fraction of sp³-hybridized carbons (Fsp3) is 0.389. The van der Waals surface area contributed by atoms with Gasteiger partial charge in [-0.15, -0.1) is 12.4 Å². The Balaban J connectivity index is 0.00000240. The maximum absolute atomic E-state index is 13.3. The zero-order valence-corrected chi connectivity index (χ0v) is 16.0. The molecule has 11 heteroatoms. The zero-order chi connectivity index (χ0) is 19.7. The van der Waals surface area contributed by atoms with E-state index in [9.17, 15) is 18.0 Å². The minimum atomic E-state index is -4.67. The molecule has 1 aliphatic rings. The first-order valence-corrected chi connectivity index (χ1v) is 8.87. The highest BCUT2D eigenvalue weighted by Crippen LogP contribution is 2.30. The van der Waals surface area contributed by atoms with Crippen LogP contribution >= 0.6 is 12.4 Å². The van der Waals surface area contributed by atoms with Gasteiger partial charge in [-0.2, -0.15) is 13.2 Å². The predicted octanol–water partition coefficient (Wildman–Crippen LogP) is 2.54. The molecule has 4 heterocycles. The number of aromatic nitrogens is 5. The molecular formula is C18H18ClF3N6O. The lowest BCUT2D eigenvalue weighted by Crippen LogP contribution is -2.33. The third-order valence-corrected chi connectivity index (χ3v) is 4.88. The number of alkyl halides is 3. The van der Waals surface area contributed by atoms with Crippen LogP contribution in [-0.4, -0.2) is 37.6 Å². The SMILES string of the molecule is Cl.O=c1c(C2CCNCC2)cc2nccnc2n1Cc1nccnc1C(F)(F)F. The highest BCUT2D eigenvalue weighted by atomic mass is 35.5. The van der Waals surface area contributed by atoms with Crippen LogP contribution < -0.4 is 10.9 Å². The Bertz CT molecular complexity index is 1070. The first-order valence-electron chi connectivity index (χ1n) is 8.87. The highest BCUT2D eigenvalue weighted by molar-refractivity contribution is 5.85. The highest BCUT2D eigenvalue weighted by Gasteiger charge is 2.36. The summed E-state index contributed by atoms with van der Waals surface area (Å²) in [4.78, 5) is 28.9. The van der Waals surface area contributed by atoms with Gasteiger partial charge in [0.2, 0.25) is 0 Å². The van der Waals surface area contributed by atoms with Crippen LogP contribution in [0.1, 0.15) is 35.7 Å². The van der Waals surface area contributed by atoms with Gasteiger partial charge in [-0.25, -0.2) is 9.97 Å². The number of nitrogens with zero attached hydrogens (tertiary/aromatic N) is 5. The molecule has 1 aliphatic heterocycles. The van der Waals surface area contributed by atoms with Crippen molar-refractivity contribution in [1.29, 1.82) is 0 Å². The predicted molar refractivity (Wildman–Crippen MR) is 102 cm³/mol. The molecular weight excluding hydrogens is 409 g/mol. The second-order valence-electron chi connectivity index (χ2n) is 6.63. The van der Waals surface area contributed by atoms with Gasteiger partial charge in [-0.05, 0) is 37.9 Å². The van der Waals surface area contributed by atoms with Gasteiger partial charge in [0.25, 0.3) is 5.56 Å². The minimum Gasteiger partial charge on any atom is -0.317 e. The van der Waals surface area contributed by atoms with Gasteiger partial charge in [0.1, 0.15) is 5.52 Å². The summed E-state index contributed by atoms with van der Waals surface area (Å²) in [6, 6.07) is 1.71. The number of hydrogen-bond acceptors (Lipinski definition) is 6. The van der Waals surface area contributed by atoms with Crippen molar-refractivity contribution >= 4 is 23.6 Å². The largest absolute Gasteiger partial charge is 0.435 e. The Labute approximate surface area is 169 Å². The Hall–Kier alpha value is -2.59. The van der Waals surface area contributed by atoms with Gasteiger partial charge in [0, 0.05) is 30.4 Å². The molecule has 0 atom stereocenters. The van der Waals surface area contributed by atoms with Crippen LogP contribution in [0.5, 0.6) is 0 Å². The smallest absolute Gasteiger partial charge is 0.317 e. The molecule has 7 nitrogen and oxygen atoms in total. The first-order chi connectivity index (χ1) is 13.4. The van der Waals surface area contributed by atoms with Crippen molar-refractivity contribution in [2.75, 3.05) is 13.1 Å². The van der Waals surface area contributed by atoms with Gasteiger partial charge in [-0.3, -0.25) is 19.3 Å². The molecule has 1 saturated heterocycles. The lowest BCUT2D eigenvalue weighted by Gasteiger charge is -2.23. The van der Waals surface area contributed by atoms with Crippen molar-refractivity contribution in [3.63, 3.8) is 0 Å². The molecule has 0 aliphatic carbocycles. The Morgan fingerprint density at radius 3 is 2.41 bits per heavy atom. The minimum absolute atomic E-state index is 0. The molecule has 3 aromatic rings. The Morgan fingerprint density at radius 2 is 1.69 bits per heavy atom. The third kappa shape index (κ3) is 4.23. The normalized spacial score (nSPS) is 15.3. The molecule has 4 rings (SSSR count). The van der Waals surface area contributed by atoms with Crippen molar-refractivity contribution in [3.8, 4) is 0 Å². The molecule has 0 saturated carbocycles. The van der Waals surface area contributed by atoms with Crippen LogP contribution in [-0.2, 0) is 12.7 Å². The number of piperidine rings is 1. The number of nitrogens with one attached hydrogen (secondary N) is 1. The third-order valence-electron chi connectivity index (χ3n) is 4.88. The van der Waals surface area contributed by atoms with Crippen LogP contribution in [0, 0.1) is 0 Å². The molecule has 154 valence electrons. The van der Waals surface area contributed by atoms with Gasteiger partial charge < -0.3 is 5.32 Å².